The summed E-state index contributed by atoms with van der Waals surface area (Å²) < 4.78 is 12.1. The predicted octanol–water partition coefficient (Wildman–Crippen LogP) is 5.55. The van der Waals surface area contributed by atoms with Gasteiger partial charge < -0.3 is 24.1 Å². The van der Waals surface area contributed by atoms with Gasteiger partial charge in [0.2, 0.25) is 5.95 Å². The molecule has 209 valence electrons. The third-order valence-electron chi connectivity index (χ3n) is 8.01. The summed E-state index contributed by atoms with van der Waals surface area (Å²) in [6.45, 7) is 14.1. The monoisotopic (exact) mass is 565 g/mol. The Balaban J connectivity index is 1.76. The van der Waals surface area contributed by atoms with Crippen molar-refractivity contribution in [1.82, 2.24) is 9.97 Å². The summed E-state index contributed by atoms with van der Waals surface area (Å²) in [6.07, 6.45) is 2.38. The van der Waals surface area contributed by atoms with Gasteiger partial charge in [-0.05, 0) is 60.1 Å². The van der Waals surface area contributed by atoms with Gasteiger partial charge in [-0.15, -0.1) is 0 Å². The molecule has 41 heavy (non-hydrogen) atoms. The van der Waals surface area contributed by atoms with Crippen LogP contribution in [0.1, 0.15) is 44.4 Å². The van der Waals surface area contributed by atoms with E-state index in [0.29, 0.717) is 47.4 Å². The molecular weight excluding hydrogens is 531 g/mol. The molecule has 0 aliphatic carbocycles. The van der Waals surface area contributed by atoms with E-state index in [4.69, 9.17) is 14.1 Å². The Morgan fingerprint density at radius 3 is 2.59 bits per heavy atom. The second-order valence-corrected chi connectivity index (χ2v) is 16.8. The number of hydrogen-bond donors (Lipinski definition) is 1. The molecule has 3 aromatic rings. The van der Waals surface area contributed by atoms with Crippen LogP contribution < -0.4 is 14.9 Å². The van der Waals surface area contributed by atoms with Crippen molar-refractivity contribution in [3.8, 4) is 29.1 Å². The van der Waals surface area contributed by atoms with Crippen LogP contribution in [0, 0.1) is 22.7 Å². The molecule has 2 heterocycles. The number of carbonyl (C=O) groups excluding carboxylic acids is 1. The zero-order valence-corrected chi connectivity index (χ0v) is 25.6. The van der Waals surface area contributed by atoms with Gasteiger partial charge in [0, 0.05) is 36.0 Å². The summed E-state index contributed by atoms with van der Waals surface area (Å²) in [5.74, 6) is 0.862. The van der Waals surface area contributed by atoms with E-state index in [1.165, 1.54) is 7.41 Å². The van der Waals surface area contributed by atoms with Gasteiger partial charge in [-0.3, -0.25) is 0 Å². The number of ether oxygens (including phenoxy) is 1. The Labute approximate surface area is 243 Å². The molecule has 1 unspecified atom stereocenters. The molecule has 1 atom stereocenters. The van der Waals surface area contributed by atoms with Crippen LogP contribution in [0.15, 0.2) is 42.6 Å². The van der Waals surface area contributed by atoms with E-state index >= 15 is 0 Å². The highest BCUT2D eigenvalue weighted by molar-refractivity contribution is 6.74. The molecule has 0 amide bonds. The lowest BCUT2D eigenvalue weighted by Crippen LogP contribution is -2.46. The van der Waals surface area contributed by atoms with Crippen LogP contribution in [0.5, 0.6) is 5.75 Å². The van der Waals surface area contributed by atoms with Crippen molar-refractivity contribution >= 4 is 39.2 Å². The van der Waals surface area contributed by atoms with Gasteiger partial charge in [-0.25, -0.2) is 9.97 Å². The number of benzene rings is 2. The zero-order valence-electron chi connectivity index (χ0n) is 24.6. The second-order valence-electron chi connectivity index (χ2n) is 12.0. The lowest BCUT2D eigenvalue weighted by atomic mass is 9.83. The molecule has 1 N–H and O–H groups in total. The van der Waals surface area contributed by atoms with Crippen LogP contribution in [0.25, 0.3) is 11.3 Å². The average molecular weight is 566 g/mol. The van der Waals surface area contributed by atoms with Gasteiger partial charge in [0.05, 0.1) is 35.7 Å². The Morgan fingerprint density at radius 2 is 1.95 bits per heavy atom. The maximum Gasteiger partial charge on any atom is 0.329 e. The van der Waals surface area contributed by atoms with Crippen LogP contribution in [0.4, 0.5) is 17.3 Å². The maximum absolute atomic E-state index is 11.5. The summed E-state index contributed by atoms with van der Waals surface area (Å²) in [6, 6.07) is 15.1. The van der Waals surface area contributed by atoms with Crippen LogP contribution in [0.3, 0.4) is 0 Å². The van der Waals surface area contributed by atoms with E-state index < -0.39 is 13.7 Å². The van der Waals surface area contributed by atoms with Crippen molar-refractivity contribution in [3.63, 3.8) is 0 Å². The van der Waals surface area contributed by atoms with Crippen LogP contribution in [0.2, 0.25) is 18.1 Å². The molecule has 0 bridgehead atoms. The van der Waals surface area contributed by atoms with E-state index in [2.05, 4.69) is 63.2 Å². The number of anilines is 3. The summed E-state index contributed by atoms with van der Waals surface area (Å²) in [5.41, 5.74) is 4.02. The Hall–Kier alpha value is -4.19. The molecule has 2 aromatic carbocycles. The number of carbonyl (C=O) groups is 1. The number of rotatable bonds is 9. The summed E-state index contributed by atoms with van der Waals surface area (Å²) in [5, 5.41) is 22.7. The van der Waals surface area contributed by atoms with E-state index in [-0.39, 0.29) is 5.04 Å². The minimum Gasteiger partial charge on any atom is -0.495 e. The summed E-state index contributed by atoms with van der Waals surface area (Å²) in [4.78, 5) is 22.5. The number of nitrogens with zero attached hydrogens (tertiary/aromatic N) is 5. The van der Waals surface area contributed by atoms with Gasteiger partial charge in [-0.1, -0.05) is 27.7 Å². The van der Waals surface area contributed by atoms with Crippen molar-refractivity contribution in [2.45, 2.75) is 51.2 Å². The molecule has 0 fully saturated rings. The molecule has 4 rings (SSSR count). The van der Waals surface area contributed by atoms with Crippen LogP contribution in [-0.4, -0.2) is 52.1 Å². The lowest BCUT2D eigenvalue weighted by molar-refractivity contribution is 0.219. The number of aromatic nitrogens is 2. The molecule has 11 heteroatoms. The Kier molecular flexibility index (Phi) is 8.25. The standard InChI is InChI=1S/C30H34BN6O3Si/c1-29(2,3)41(6,7)40-18-30(4)17-37(31-19-38)27-22(16-33)13-21(14-23(27)30)24-10-11-34-28(35-24)36-25-12-20(15-32)8-9-26(25)39-5/h8-14,19H,17-18H2,1-7H3,(H,34,35,36). The lowest BCUT2D eigenvalue weighted by Gasteiger charge is -2.39. The fourth-order valence-corrected chi connectivity index (χ4v) is 5.75. The predicted molar refractivity (Wildman–Crippen MR) is 164 cm³/mol. The Bertz CT molecular complexity index is 1560. The van der Waals surface area contributed by atoms with E-state index in [1.807, 2.05) is 10.9 Å². The third kappa shape index (κ3) is 5.97. The minimum absolute atomic E-state index is 0.0405. The first-order chi connectivity index (χ1) is 19.4. The van der Waals surface area contributed by atoms with E-state index in [9.17, 15) is 15.3 Å². The van der Waals surface area contributed by atoms with Gasteiger partial charge in [0.1, 0.15) is 18.0 Å². The molecule has 1 radical (unpaired) electrons. The summed E-state index contributed by atoms with van der Waals surface area (Å²) in [7, 11) is 0.966. The zero-order chi connectivity index (χ0) is 30.0. The molecule has 1 aromatic heterocycles. The first-order valence-corrected chi connectivity index (χ1v) is 16.2. The maximum atomic E-state index is 11.5. The SMILES string of the molecule is COc1ccc(C#N)cc1Nc1nccc(-c2cc(C#N)c3c(c2)C(C)(CO[Si](C)(C)C(C)(C)C)CN3[B]C=O)n1. The Morgan fingerprint density at radius 1 is 1.20 bits per heavy atom. The van der Waals surface area contributed by atoms with Gasteiger partial charge in [0.25, 0.3) is 0 Å². The quantitative estimate of drug-likeness (QED) is 0.263. The van der Waals surface area contributed by atoms with E-state index in [1.54, 1.807) is 43.6 Å². The number of nitriles is 2. The molecule has 1 aliphatic rings. The molecule has 9 nitrogen and oxygen atoms in total. The smallest absolute Gasteiger partial charge is 0.329 e. The third-order valence-corrected chi connectivity index (χ3v) is 12.5. The first-order valence-electron chi connectivity index (χ1n) is 13.3. The van der Waals surface area contributed by atoms with Gasteiger partial charge in [-0.2, -0.15) is 10.5 Å². The van der Waals surface area contributed by atoms with Crippen LogP contribution in [-0.2, 0) is 14.6 Å². The first kappa shape index (κ1) is 29.8. The fraction of sp³-hybridized carbons (Fsp3) is 0.367. The van der Waals surface area contributed by atoms with Crippen molar-refractivity contribution in [2.24, 2.45) is 0 Å². The molecular formula is C30H34BN6O3Si. The number of nitrogens with one attached hydrogen (secondary N) is 1. The highest BCUT2D eigenvalue weighted by Crippen LogP contribution is 2.46. The number of fused-ring (bicyclic) bond motifs is 1. The van der Waals surface area contributed by atoms with Gasteiger partial charge in [0.15, 0.2) is 8.32 Å². The van der Waals surface area contributed by atoms with Crippen molar-refractivity contribution in [2.75, 3.05) is 30.4 Å². The average Bonchev–Trinajstić information content (AvgIpc) is 3.22. The molecule has 0 saturated carbocycles. The van der Waals surface area contributed by atoms with Crippen molar-refractivity contribution < 1.29 is 14.0 Å². The van der Waals surface area contributed by atoms with Gasteiger partial charge >= 0.3 is 7.41 Å². The van der Waals surface area contributed by atoms with E-state index in [0.717, 1.165) is 23.0 Å². The fourth-order valence-electron chi connectivity index (χ4n) is 4.63. The van der Waals surface area contributed by atoms with Crippen LogP contribution >= 0.6 is 0 Å². The van der Waals surface area contributed by atoms with Crippen molar-refractivity contribution in [3.05, 3.63) is 59.3 Å². The number of methoxy groups -OCH3 is 1. The summed E-state index contributed by atoms with van der Waals surface area (Å²) >= 11 is 0. The molecule has 0 spiro atoms. The highest BCUT2D eigenvalue weighted by atomic mass is 28.4. The molecule has 0 saturated heterocycles. The molecule has 1 aliphatic heterocycles. The van der Waals surface area contributed by atoms with Crippen molar-refractivity contribution in [1.29, 1.82) is 10.5 Å². The highest BCUT2D eigenvalue weighted by Gasteiger charge is 2.44. The number of hydrogen-bond acceptors (Lipinski definition) is 9. The normalized spacial score (nSPS) is 16.4. The second kappa shape index (κ2) is 11.4. The largest absolute Gasteiger partial charge is 0.495 e. The minimum atomic E-state index is -2.06. The topological polar surface area (TPSA) is 124 Å².